The largest absolute Gasteiger partial charge is 0.361 e. The summed E-state index contributed by atoms with van der Waals surface area (Å²) in [4.78, 5) is 14.8. The topological polar surface area (TPSA) is 56.9 Å². The summed E-state index contributed by atoms with van der Waals surface area (Å²) in [5, 5.41) is 7.16. The maximum atomic E-state index is 11.6. The van der Waals surface area contributed by atoms with Crippen molar-refractivity contribution in [1.82, 2.24) is 15.6 Å². The normalized spacial score (nSPS) is 10.7. The van der Waals surface area contributed by atoms with Crippen molar-refractivity contribution < 1.29 is 4.79 Å². The minimum atomic E-state index is 0.107. The Morgan fingerprint density at radius 2 is 2.17 bits per heavy atom. The highest BCUT2D eigenvalue weighted by Crippen LogP contribution is 2.17. The van der Waals surface area contributed by atoms with Gasteiger partial charge in [0, 0.05) is 30.1 Å². The van der Waals surface area contributed by atoms with Gasteiger partial charge in [-0.15, -0.1) is 0 Å². The number of hydrogen-bond acceptors (Lipinski definition) is 2. The Hall–Kier alpha value is -1.81. The van der Waals surface area contributed by atoms with Gasteiger partial charge >= 0.3 is 0 Å². The number of carbonyl (C=O) groups is 1. The molecule has 0 aliphatic rings. The van der Waals surface area contributed by atoms with Gasteiger partial charge in [0.25, 0.3) is 0 Å². The first-order valence-electron chi connectivity index (χ1n) is 6.27. The average Bonchev–Trinajstić information content (AvgIpc) is 2.80. The molecule has 0 saturated carbocycles. The van der Waals surface area contributed by atoms with E-state index < -0.39 is 0 Å². The Balaban J connectivity index is 1.88. The summed E-state index contributed by atoms with van der Waals surface area (Å²) >= 11 is 0. The summed E-state index contributed by atoms with van der Waals surface area (Å²) in [7, 11) is 1.89. The molecular formula is C14H19N3O. The fourth-order valence-corrected chi connectivity index (χ4v) is 1.99. The molecule has 0 radical (unpaired) electrons. The number of fused-ring (bicyclic) bond motifs is 1. The quantitative estimate of drug-likeness (QED) is 0.679. The first-order valence-corrected chi connectivity index (χ1v) is 6.27. The number of amides is 1. The van der Waals surface area contributed by atoms with Crippen LogP contribution >= 0.6 is 0 Å². The van der Waals surface area contributed by atoms with Crippen LogP contribution in [0.4, 0.5) is 0 Å². The van der Waals surface area contributed by atoms with E-state index >= 15 is 0 Å². The number of nitrogens with one attached hydrogen (secondary N) is 3. The van der Waals surface area contributed by atoms with E-state index in [1.165, 1.54) is 5.39 Å². The Kier molecular flexibility index (Phi) is 4.36. The number of H-pyrrole nitrogens is 1. The number of rotatable bonds is 6. The van der Waals surface area contributed by atoms with Gasteiger partial charge in [-0.2, -0.15) is 0 Å². The lowest BCUT2D eigenvalue weighted by molar-refractivity contribution is -0.121. The van der Waals surface area contributed by atoms with E-state index in [1.54, 1.807) is 0 Å². The molecule has 1 aromatic carbocycles. The Labute approximate surface area is 107 Å². The van der Waals surface area contributed by atoms with Gasteiger partial charge < -0.3 is 15.6 Å². The SMILES string of the molecule is CNCCCC(=O)NCc1c[nH]c2ccccc12. The van der Waals surface area contributed by atoms with Crippen LogP contribution in [-0.4, -0.2) is 24.5 Å². The highest BCUT2D eigenvalue weighted by Gasteiger charge is 2.05. The fourth-order valence-electron chi connectivity index (χ4n) is 1.99. The molecule has 1 aromatic heterocycles. The van der Waals surface area contributed by atoms with E-state index in [0.717, 1.165) is 24.0 Å². The monoisotopic (exact) mass is 245 g/mol. The van der Waals surface area contributed by atoms with Crippen LogP contribution in [0.25, 0.3) is 10.9 Å². The molecule has 96 valence electrons. The second-order valence-corrected chi connectivity index (χ2v) is 4.34. The molecule has 0 atom stereocenters. The van der Waals surface area contributed by atoms with Gasteiger partial charge in [0.15, 0.2) is 0 Å². The maximum Gasteiger partial charge on any atom is 0.220 e. The van der Waals surface area contributed by atoms with Gasteiger partial charge in [-0.1, -0.05) is 18.2 Å². The zero-order chi connectivity index (χ0) is 12.8. The van der Waals surface area contributed by atoms with E-state index in [2.05, 4.69) is 21.7 Å². The molecule has 0 unspecified atom stereocenters. The summed E-state index contributed by atoms with van der Waals surface area (Å²) in [5.41, 5.74) is 2.24. The summed E-state index contributed by atoms with van der Waals surface area (Å²) in [6, 6.07) is 8.11. The highest BCUT2D eigenvalue weighted by molar-refractivity contribution is 5.83. The van der Waals surface area contributed by atoms with Crippen molar-refractivity contribution in [3.63, 3.8) is 0 Å². The molecule has 0 spiro atoms. The Morgan fingerprint density at radius 1 is 1.33 bits per heavy atom. The maximum absolute atomic E-state index is 11.6. The lowest BCUT2D eigenvalue weighted by Crippen LogP contribution is -2.23. The third kappa shape index (κ3) is 3.11. The van der Waals surface area contributed by atoms with Gasteiger partial charge in [-0.3, -0.25) is 4.79 Å². The molecule has 0 aliphatic heterocycles. The third-order valence-corrected chi connectivity index (χ3v) is 2.98. The average molecular weight is 245 g/mol. The standard InChI is InChI=1S/C14H19N3O/c1-15-8-4-7-14(18)17-10-11-9-16-13-6-3-2-5-12(11)13/h2-3,5-6,9,15-16H,4,7-8,10H2,1H3,(H,17,18). The van der Waals surface area contributed by atoms with Crippen molar-refractivity contribution in [2.75, 3.05) is 13.6 Å². The number of benzene rings is 1. The van der Waals surface area contributed by atoms with E-state index in [0.29, 0.717) is 13.0 Å². The molecule has 4 heteroatoms. The van der Waals surface area contributed by atoms with Crippen molar-refractivity contribution in [1.29, 1.82) is 0 Å². The molecule has 0 bridgehead atoms. The fraction of sp³-hybridized carbons (Fsp3) is 0.357. The number of carbonyl (C=O) groups excluding carboxylic acids is 1. The Morgan fingerprint density at radius 3 is 3.00 bits per heavy atom. The summed E-state index contributed by atoms with van der Waals surface area (Å²) in [6.07, 6.45) is 3.40. The van der Waals surface area contributed by atoms with Gasteiger partial charge in [0.1, 0.15) is 0 Å². The van der Waals surface area contributed by atoms with Crippen molar-refractivity contribution in [3.8, 4) is 0 Å². The van der Waals surface area contributed by atoms with E-state index in [4.69, 9.17) is 0 Å². The molecule has 18 heavy (non-hydrogen) atoms. The van der Waals surface area contributed by atoms with Crippen LogP contribution in [0.15, 0.2) is 30.5 Å². The molecule has 3 N–H and O–H groups in total. The molecule has 2 rings (SSSR count). The Bertz CT molecular complexity index is 518. The van der Waals surface area contributed by atoms with Crippen LogP contribution in [0.5, 0.6) is 0 Å². The minimum Gasteiger partial charge on any atom is -0.361 e. The zero-order valence-corrected chi connectivity index (χ0v) is 10.6. The predicted octanol–water partition coefficient (Wildman–Crippen LogP) is 1.78. The van der Waals surface area contributed by atoms with E-state index in [1.807, 2.05) is 31.4 Å². The van der Waals surface area contributed by atoms with Crippen LogP contribution in [0, 0.1) is 0 Å². The number of hydrogen-bond donors (Lipinski definition) is 3. The van der Waals surface area contributed by atoms with Crippen LogP contribution in [0.2, 0.25) is 0 Å². The van der Waals surface area contributed by atoms with E-state index in [9.17, 15) is 4.79 Å². The molecule has 4 nitrogen and oxygen atoms in total. The van der Waals surface area contributed by atoms with Gasteiger partial charge in [0.05, 0.1) is 0 Å². The lowest BCUT2D eigenvalue weighted by Gasteiger charge is -2.04. The van der Waals surface area contributed by atoms with Crippen molar-refractivity contribution in [3.05, 3.63) is 36.0 Å². The smallest absolute Gasteiger partial charge is 0.220 e. The molecule has 1 heterocycles. The predicted molar refractivity (Wildman–Crippen MR) is 73.3 cm³/mol. The highest BCUT2D eigenvalue weighted by atomic mass is 16.1. The second-order valence-electron chi connectivity index (χ2n) is 4.34. The van der Waals surface area contributed by atoms with Gasteiger partial charge in [-0.25, -0.2) is 0 Å². The van der Waals surface area contributed by atoms with Crippen LogP contribution in [0.3, 0.4) is 0 Å². The van der Waals surface area contributed by atoms with Crippen LogP contribution in [-0.2, 0) is 11.3 Å². The van der Waals surface area contributed by atoms with Gasteiger partial charge in [0.2, 0.25) is 5.91 Å². The summed E-state index contributed by atoms with van der Waals surface area (Å²) in [5.74, 6) is 0.107. The van der Waals surface area contributed by atoms with Crippen LogP contribution < -0.4 is 10.6 Å². The molecule has 1 amide bonds. The van der Waals surface area contributed by atoms with Gasteiger partial charge in [-0.05, 0) is 31.6 Å². The van der Waals surface area contributed by atoms with E-state index in [-0.39, 0.29) is 5.91 Å². The molecule has 2 aromatic rings. The second kappa shape index (κ2) is 6.21. The van der Waals surface area contributed by atoms with Crippen molar-refractivity contribution in [2.45, 2.75) is 19.4 Å². The molecule has 0 saturated heterocycles. The number of aromatic nitrogens is 1. The molecular weight excluding hydrogens is 226 g/mol. The number of aromatic amines is 1. The molecule has 0 aliphatic carbocycles. The first kappa shape index (κ1) is 12.6. The lowest BCUT2D eigenvalue weighted by atomic mass is 10.2. The van der Waals surface area contributed by atoms with Crippen molar-refractivity contribution in [2.24, 2.45) is 0 Å². The molecule has 0 fully saturated rings. The first-order chi connectivity index (χ1) is 8.81. The third-order valence-electron chi connectivity index (χ3n) is 2.98. The zero-order valence-electron chi connectivity index (χ0n) is 10.6. The van der Waals surface area contributed by atoms with Crippen LogP contribution in [0.1, 0.15) is 18.4 Å². The minimum absolute atomic E-state index is 0.107. The number of para-hydroxylation sites is 1. The summed E-state index contributed by atoms with van der Waals surface area (Å²) in [6.45, 7) is 1.46. The summed E-state index contributed by atoms with van der Waals surface area (Å²) < 4.78 is 0. The van der Waals surface area contributed by atoms with Crippen molar-refractivity contribution >= 4 is 16.8 Å².